The molecule has 0 aliphatic carbocycles. The maximum atomic E-state index is 11.2. The van der Waals surface area contributed by atoms with E-state index in [-0.39, 0.29) is 11.5 Å². The molecular weight excluding hydrogens is 434 g/mol. The standard InChI is InChI=1S/C19H19NO8S2/c1-24-14-6-5-11(7-15(14)28-30(21,22)23)13-10-20-29-19(13)12-8-16(25-2)18(27-4)17(9-12)26-3/h5-10H,1-4H3,(H,21,22,23). The number of rotatable bonds is 8. The fourth-order valence-corrected chi connectivity index (χ4v) is 4.00. The molecule has 11 heteroatoms. The number of methoxy groups -OCH3 is 4. The van der Waals surface area contributed by atoms with Crippen LogP contribution in [0.2, 0.25) is 0 Å². The average molecular weight is 453 g/mol. The number of benzene rings is 2. The first-order valence-corrected chi connectivity index (χ1v) is 10.6. The minimum Gasteiger partial charge on any atom is -0.493 e. The predicted octanol–water partition coefficient (Wildman–Crippen LogP) is 3.69. The minimum absolute atomic E-state index is 0.147. The largest absolute Gasteiger partial charge is 0.493 e. The molecule has 3 rings (SSSR count). The van der Waals surface area contributed by atoms with Crippen molar-refractivity contribution in [2.45, 2.75) is 0 Å². The highest BCUT2D eigenvalue weighted by atomic mass is 32.3. The van der Waals surface area contributed by atoms with Gasteiger partial charge in [-0.1, -0.05) is 6.07 Å². The Balaban J connectivity index is 2.14. The summed E-state index contributed by atoms with van der Waals surface area (Å²) in [7, 11) is 1.21. The first-order chi connectivity index (χ1) is 14.3. The summed E-state index contributed by atoms with van der Waals surface area (Å²) >= 11 is 1.24. The molecule has 0 aliphatic heterocycles. The fraction of sp³-hybridized carbons (Fsp3) is 0.211. The molecule has 0 unspecified atom stereocenters. The zero-order chi connectivity index (χ0) is 21.9. The summed E-state index contributed by atoms with van der Waals surface area (Å²) in [6, 6.07) is 8.28. The van der Waals surface area contributed by atoms with Gasteiger partial charge in [0, 0.05) is 17.3 Å². The Labute approximate surface area is 177 Å². The van der Waals surface area contributed by atoms with Gasteiger partial charge >= 0.3 is 10.4 Å². The Morgan fingerprint density at radius 2 is 1.43 bits per heavy atom. The minimum atomic E-state index is -4.72. The molecule has 0 radical (unpaired) electrons. The smallest absolute Gasteiger partial charge is 0.446 e. The van der Waals surface area contributed by atoms with Crippen molar-refractivity contribution >= 4 is 21.9 Å². The summed E-state index contributed by atoms with van der Waals surface area (Å²) in [5.74, 6) is 1.42. The van der Waals surface area contributed by atoms with Crippen LogP contribution in [0.1, 0.15) is 0 Å². The van der Waals surface area contributed by atoms with Gasteiger partial charge in [-0.2, -0.15) is 12.8 Å². The molecule has 3 aromatic rings. The van der Waals surface area contributed by atoms with Crippen molar-refractivity contribution in [2.24, 2.45) is 0 Å². The first kappa shape index (κ1) is 21.7. The molecule has 0 amide bonds. The lowest BCUT2D eigenvalue weighted by molar-refractivity contribution is 0.324. The maximum absolute atomic E-state index is 11.2. The summed E-state index contributed by atoms with van der Waals surface area (Å²) in [6.45, 7) is 0. The Bertz CT molecular complexity index is 1130. The van der Waals surface area contributed by atoms with Gasteiger partial charge in [-0.3, -0.25) is 4.55 Å². The van der Waals surface area contributed by atoms with E-state index in [1.54, 1.807) is 24.4 Å². The van der Waals surface area contributed by atoms with Crippen LogP contribution in [0.25, 0.3) is 21.6 Å². The molecule has 0 saturated heterocycles. The van der Waals surface area contributed by atoms with Crippen molar-refractivity contribution in [1.82, 2.24) is 4.37 Å². The van der Waals surface area contributed by atoms with Crippen molar-refractivity contribution in [3.05, 3.63) is 36.5 Å². The Kier molecular flexibility index (Phi) is 6.34. The van der Waals surface area contributed by atoms with Gasteiger partial charge in [-0.15, -0.1) is 0 Å². The van der Waals surface area contributed by atoms with Crippen LogP contribution in [0.4, 0.5) is 0 Å². The SMILES string of the molecule is COc1ccc(-c2cnsc2-c2cc(OC)c(OC)c(OC)c2)cc1OS(=O)(=O)O. The Morgan fingerprint density at radius 1 is 0.833 bits per heavy atom. The van der Waals surface area contributed by atoms with E-state index < -0.39 is 10.4 Å². The highest BCUT2D eigenvalue weighted by Crippen LogP contribution is 2.45. The van der Waals surface area contributed by atoms with Crippen molar-refractivity contribution < 1.29 is 36.1 Å². The summed E-state index contributed by atoms with van der Waals surface area (Å²) in [5.41, 5.74) is 2.07. The highest BCUT2D eigenvalue weighted by molar-refractivity contribution is 7.81. The number of hydrogen-bond donors (Lipinski definition) is 1. The number of ether oxygens (including phenoxy) is 4. The topological polar surface area (TPSA) is 113 Å². The van der Waals surface area contributed by atoms with Crippen LogP contribution in [0.5, 0.6) is 28.7 Å². The van der Waals surface area contributed by atoms with Crippen LogP contribution in [-0.2, 0) is 10.4 Å². The first-order valence-electron chi connectivity index (χ1n) is 8.41. The monoisotopic (exact) mass is 453 g/mol. The van der Waals surface area contributed by atoms with E-state index in [0.717, 1.165) is 10.4 Å². The van der Waals surface area contributed by atoms with E-state index in [2.05, 4.69) is 8.56 Å². The van der Waals surface area contributed by atoms with Crippen LogP contribution >= 0.6 is 11.5 Å². The van der Waals surface area contributed by atoms with Crippen LogP contribution in [0.15, 0.2) is 36.5 Å². The number of aromatic nitrogens is 1. The van der Waals surface area contributed by atoms with E-state index in [1.807, 2.05) is 0 Å². The van der Waals surface area contributed by atoms with Gasteiger partial charge in [-0.05, 0) is 41.4 Å². The normalized spacial score (nSPS) is 11.1. The molecule has 0 atom stereocenters. The van der Waals surface area contributed by atoms with Gasteiger partial charge in [0.2, 0.25) is 5.75 Å². The molecule has 1 aromatic heterocycles. The average Bonchev–Trinajstić information content (AvgIpc) is 3.21. The van der Waals surface area contributed by atoms with Crippen molar-refractivity contribution in [2.75, 3.05) is 28.4 Å². The summed E-state index contributed by atoms with van der Waals surface area (Å²) in [6.07, 6.45) is 1.64. The Hall–Kier alpha value is -3.02. The van der Waals surface area contributed by atoms with Crippen molar-refractivity contribution in [3.8, 4) is 50.3 Å². The Morgan fingerprint density at radius 3 is 1.97 bits per heavy atom. The molecule has 9 nitrogen and oxygen atoms in total. The van der Waals surface area contributed by atoms with Gasteiger partial charge in [0.1, 0.15) is 0 Å². The highest BCUT2D eigenvalue weighted by Gasteiger charge is 2.20. The molecule has 160 valence electrons. The van der Waals surface area contributed by atoms with Gasteiger partial charge < -0.3 is 23.1 Å². The third kappa shape index (κ3) is 4.42. The second-order valence-electron chi connectivity index (χ2n) is 5.86. The summed E-state index contributed by atoms with van der Waals surface area (Å²) in [4.78, 5) is 0.775. The molecule has 0 spiro atoms. The van der Waals surface area contributed by atoms with Gasteiger partial charge in [0.15, 0.2) is 23.0 Å². The number of hydrogen-bond acceptors (Lipinski definition) is 9. The van der Waals surface area contributed by atoms with Crippen LogP contribution in [-0.4, -0.2) is 45.8 Å². The summed E-state index contributed by atoms with van der Waals surface area (Å²) < 4.78 is 61.6. The predicted molar refractivity (Wildman–Crippen MR) is 111 cm³/mol. The molecule has 0 saturated carbocycles. The molecule has 30 heavy (non-hydrogen) atoms. The van der Waals surface area contributed by atoms with Crippen molar-refractivity contribution in [1.29, 1.82) is 0 Å². The third-order valence-electron chi connectivity index (χ3n) is 4.17. The van der Waals surface area contributed by atoms with Crippen molar-refractivity contribution in [3.63, 3.8) is 0 Å². The lowest BCUT2D eigenvalue weighted by Gasteiger charge is -2.14. The van der Waals surface area contributed by atoms with Gasteiger partial charge in [-0.25, -0.2) is 0 Å². The molecule has 2 aromatic carbocycles. The molecule has 1 heterocycles. The second-order valence-corrected chi connectivity index (χ2v) is 7.68. The molecule has 1 N–H and O–H groups in total. The lowest BCUT2D eigenvalue weighted by atomic mass is 10.0. The van der Waals surface area contributed by atoms with Crippen LogP contribution in [0.3, 0.4) is 0 Å². The van der Waals surface area contributed by atoms with Gasteiger partial charge in [0.05, 0.1) is 33.3 Å². The number of nitrogens with zero attached hydrogens (tertiary/aromatic N) is 1. The molecule has 0 fully saturated rings. The fourth-order valence-electron chi connectivity index (χ4n) is 2.89. The molecule has 0 bridgehead atoms. The van der Waals surface area contributed by atoms with Gasteiger partial charge in [0.25, 0.3) is 0 Å². The van der Waals surface area contributed by atoms with E-state index in [0.29, 0.717) is 28.4 Å². The lowest BCUT2D eigenvalue weighted by Crippen LogP contribution is -2.07. The zero-order valence-corrected chi connectivity index (χ0v) is 18.2. The summed E-state index contributed by atoms with van der Waals surface area (Å²) in [5, 5.41) is 0. The maximum Gasteiger partial charge on any atom is 0.446 e. The zero-order valence-electron chi connectivity index (χ0n) is 16.5. The molecule has 0 aliphatic rings. The third-order valence-corrected chi connectivity index (χ3v) is 5.41. The second kappa shape index (κ2) is 8.78. The van der Waals surface area contributed by atoms with E-state index in [9.17, 15) is 8.42 Å². The van der Waals surface area contributed by atoms with E-state index in [4.69, 9.17) is 23.5 Å². The van der Waals surface area contributed by atoms with E-state index in [1.165, 1.54) is 52.1 Å². The molecular formula is C19H19NO8S2. The van der Waals surface area contributed by atoms with E-state index >= 15 is 0 Å². The quantitative estimate of drug-likeness (QED) is 0.510. The van der Waals surface area contributed by atoms with Crippen LogP contribution < -0.4 is 23.1 Å². The van der Waals surface area contributed by atoms with Crippen LogP contribution in [0, 0.1) is 0 Å².